The topological polar surface area (TPSA) is 79.8 Å². The van der Waals surface area contributed by atoms with Crippen LogP contribution >= 0.6 is 0 Å². The number of H-pyrrole nitrogens is 1. The van der Waals surface area contributed by atoms with E-state index < -0.39 is 0 Å². The van der Waals surface area contributed by atoms with E-state index >= 15 is 0 Å². The molecule has 0 aliphatic heterocycles. The molecular weight excluding hydrogens is 371 g/mol. The van der Waals surface area contributed by atoms with E-state index in [1.54, 1.807) is 47.3 Å². The molecule has 1 atom stereocenters. The van der Waals surface area contributed by atoms with Crippen LogP contribution in [0.4, 0.5) is 4.39 Å². The Morgan fingerprint density at radius 2 is 1.90 bits per heavy atom. The lowest BCUT2D eigenvalue weighted by Crippen LogP contribution is -2.29. The number of hydrogen-bond acceptors (Lipinski definition) is 3. The van der Waals surface area contributed by atoms with Crippen molar-refractivity contribution in [2.75, 3.05) is 0 Å². The Morgan fingerprint density at radius 3 is 2.66 bits per heavy atom. The van der Waals surface area contributed by atoms with Crippen LogP contribution < -0.4 is 10.9 Å². The Hall–Kier alpha value is -3.74. The summed E-state index contributed by atoms with van der Waals surface area (Å²) in [6.45, 7) is 3.72. The first-order valence-corrected chi connectivity index (χ1v) is 9.17. The quantitative estimate of drug-likeness (QED) is 0.558. The van der Waals surface area contributed by atoms with Crippen molar-refractivity contribution in [2.24, 2.45) is 0 Å². The van der Waals surface area contributed by atoms with Gasteiger partial charge >= 0.3 is 0 Å². The second-order valence-electron chi connectivity index (χ2n) is 6.87. The molecule has 0 fully saturated rings. The minimum atomic E-state index is -0.380. The maximum atomic E-state index is 13.2. The van der Waals surface area contributed by atoms with Crippen LogP contribution in [0.5, 0.6) is 0 Å². The van der Waals surface area contributed by atoms with Crippen molar-refractivity contribution in [3.63, 3.8) is 0 Å². The van der Waals surface area contributed by atoms with E-state index in [0.29, 0.717) is 10.8 Å². The van der Waals surface area contributed by atoms with Gasteiger partial charge in [-0.3, -0.25) is 9.59 Å². The summed E-state index contributed by atoms with van der Waals surface area (Å²) in [4.78, 5) is 27.6. The molecule has 0 aliphatic rings. The molecule has 29 heavy (non-hydrogen) atoms. The summed E-state index contributed by atoms with van der Waals surface area (Å²) in [6, 6.07) is 14.5. The van der Waals surface area contributed by atoms with Crippen LogP contribution in [0.3, 0.4) is 0 Å². The molecule has 7 heteroatoms. The summed E-state index contributed by atoms with van der Waals surface area (Å²) in [5.74, 6) is -0.696. The average molecular weight is 390 g/mol. The van der Waals surface area contributed by atoms with E-state index in [1.165, 1.54) is 12.1 Å². The van der Waals surface area contributed by atoms with E-state index in [4.69, 9.17) is 0 Å². The monoisotopic (exact) mass is 390 g/mol. The fourth-order valence-electron chi connectivity index (χ4n) is 3.38. The Labute approximate surface area is 166 Å². The molecule has 0 spiro atoms. The maximum absolute atomic E-state index is 13.2. The Morgan fingerprint density at radius 1 is 1.17 bits per heavy atom. The Bertz CT molecular complexity index is 1260. The molecule has 4 rings (SSSR count). The van der Waals surface area contributed by atoms with E-state index in [1.807, 2.05) is 19.9 Å². The molecule has 1 amide bonds. The standard InChI is InChI=1S/C22H19FN4O2/c1-13(19-12-24-27(14(19)2)17-9-7-16(23)8-10-17)25-22(29)20-11-15-5-3-4-6-18(15)21(28)26-20/h3-13H,1-2H3,(H,25,29)(H,26,28)/t13-/m1/s1. The molecule has 0 saturated carbocycles. The van der Waals surface area contributed by atoms with Crippen LogP contribution in [0.1, 0.15) is 34.7 Å². The predicted octanol–water partition coefficient (Wildman–Crippen LogP) is 3.65. The summed E-state index contributed by atoms with van der Waals surface area (Å²) >= 11 is 0. The van der Waals surface area contributed by atoms with E-state index in [0.717, 1.165) is 16.9 Å². The number of carbonyl (C=O) groups excluding carboxylic acids is 1. The number of fused-ring (bicyclic) bond motifs is 1. The van der Waals surface area contributed by atoms with Crippen LogP contribution in [0, 0.1) is 12.7 Å². The van der Waals surface area contributed by atoms with Crippen molar-refractivity contribution in [3.8, 4) is 5.69 Å². The molecule has 0 aliphatic carbocycles. The van der Waals surface area contributed by atoms with E-state index in [9.17, 15) is 14.0 Å². The number of halogens is 1. The smallest absolute Gasteiger partial charge is 0.268 e. The maximum Gasteiger partial charge on any atom is 0.268 e. The van der Waals surface area contributed by atoms with Gasteiger partial charge in [-0.15, -0.1) is 0 Å². The molecule has 0 saturated heterocycles. The number of amides is 1. The SMILES string of the molecule is Cc1c([C@@H](C)NC(=O)c2cc3ccccc3c(=O)[nH]2)cnn1-c1ccc(F)cc1. The fourth-order valence-corrected chi connectivity index (χ4v) is 3.38. The molecule has 2 aromatic carbocycles. The zero-order valence-electron chi connectivity index (χ0n) is 15.9. The summed E-state index contributed by atoms with van der Waals surface area (Å²) in [6.07, 6.45) is 1.67. The number of aromatic amines is 1. The molecule has 0 bridgehead atoms. The van der Waals surface area contributed by atoms with Gasteiger partial charge < -0.3 is 10.3 Å². The lowest BCUT2D eigenvalue weighted by molar-refractivity contribution is 0.0934. The zero-order chi connectivity index (χ0) is 20.5. The molecule has 0 unspecified atom stereocenters. The number of carbonyl (C=O) groups is 1. The second kappa shape index (κ2) is 7.35. The Balaban J connectivity index is 1.58. The van der Waals surface area contributed by atoms with Gasteiger partial charge in [-0.25, -0.2) is 9.07 Å². The highest BCUT2D eigenvalue weighted by Crippen LogP contribution is 2.21. The van der Waals surface area contributed by atoms with Crippen LogP contribution in [0.2, 0.25) is 0 Å². The highest BCUT2D eigenvalue weighted by Gasteiger charge is 2.18. The van der Waals surface area contributed by atoms with Crippen molar-refractivity contribution in [2.45, 2.75) is 19.9 Å². The molecule has 2 aromatic heterocycles. The van der Waals surface area contributed by atoms with Crippen molar-refractivity contribution in [3.05, 3.63) is 93.9 Å². The van der Waals surface area contributed by atoms with Gasteiger partial charge in [-0.1, -0.05) is 18.2 Å². The van der Waals surface area contributed by atoms with E-state index in [-0.39, 0.29) is 29.0 Å². The van der Waals surface area contributed by atoms with Gasteiger partial charge in [0.25, 0.3) is 11.5 Å². The van der Waals surface area contributed by atoms with Crippen LogP contribution in [0.25, 0.3) is 16.5 Å². The highest BCUT2D eigenvalue weighted by atomic mass is 19.1. The summed E-state index contributed by atoms with van der Waals surface area (Å²) in [7, 11) is 0. The lowest BCUT2D eigenvalue weighted by Gasteiger charge is -2.14. The van der Waals surface area contributed by atoms with Crippen LogP contribution in [-0.2, 0) is 0 Å². The minimum Gasteiger partial charge on any atom is -0.344 e. The lowest BCUT2D eigenvalue weighted by atomic mass is 10.1. The zero-order valence-corrected chi connectivity index (χ0v) is 15.9. The van der Waals surface area contributed by atoms with Crippen molar-refractivity contribution >= 4 is 16.7 Å². The molecular formula is C22H19FN4O2. The molecule has 4 aromatic rings. The number of hydrogen-bond donors (Lipinski definition) is 2. The van der Waals surface area contributed by atoms with Crippen molar-refractivity contribution < 1.29 is 9.18 Å². The number of aromatic nitrogens is 3. The third-order valence-corrected chi connectivity index (χ3v) is 4.93. The van der Waals surface area contributed by atoms with Crippen LogP contribution in [-0.4, -0.2) is 20.7 Å². The van der Waals surface area contributed by atoms with Gasteiger partial charge in [0, 0.05) is 16.6 Å². The number of nitrogens with zero attached hydrogens (tertiary/aromatic N) is 2. The third-order valence-electron chi connectivity index (χ3n) is 4.93. The molecule has 6 nitrogen and oxygen atoms in total. The first-order chi connectivity index (χ1) is 13.9. The summed E-state index contributed by atoms with van der Waals surface area (Å²) in [5, 5.41) is 8.49. The van der Waals surface area contributed by atoms with Crippen LogP contribution in [0.15, 0.2) is 65.6 Å². The van der Waals surface area contributed by atoms with Gasteiger partial charge in [-0.05, 0) is 55.6 Å². The molecule has 2 N–H and O–H groups in total. The van der Waals surface area contributed by atoms with Gasteiger partial charge in [-0.2, -0.15) is 5.10 Å². The summed E-state index contributed by atoms with van der Waals surface area (Å²) < 4.78 is 14.9. The molecule has 146 valence electrons. The van der Waals surface area contributed by atoms with E-state index in [2.05, 4.69) is 15.4 Å². The number of pyridine rings is 1. The van der Waals surface area contributed by atoms with Gasteiger partial charge in [0.05, 0.1) is 17.9 Å². The fraction of sp³-hybridized carbons (Fsp3) is 0.136. The normalized spacial score (nSPS) is 12.1. The Kier molecular flexibility index (Phi) is 4.72. The number of rotatable bonds is 4. The number of benzene rings is 2. The largest absolute Gasteiger partial charge is 0.344 e. The first-order valence-electron chi connectivity index (χ1n) is 9.17. The van der Waals surface area contributed by atoms with Gasteiger partial charge in [0.2, 0.25) is 0 Å². The van der Waals surface area contributed by atoms with Gasteiger partial charge in [0.15, 0.2) is 0 Å². The number of nitrogens with one attached hydrogen (secondary N) is 2. The molecule has 0 radical (unpaired) electrons. The van der Waals surface area contributed by atoms with Crippen molar-refractivity contribution in [1.82, 2.24) is 20.1 Å². The minimum absolute atomic E-state index is 0.198. The predicted molar refractivity (Wildman–Crippen MR) is 109 cm³/mol. The molecule has 2 heterocycles. The third kappa shape index (κ3) is 3.54. The highest BCUT2D eigenvalue weighted by molar-refractivity contribution is 5.96. The van der Waals surface area contributed by atoms with Gasteiger partial charge in [0.1, 0.15) is 11.5 Å². The summed E-state index contributed by atoms with van der Waals surface area (Å²) in [5.41, 5.74) is 2.28. The van der Waals surface area contributed by atoms with Crippen molar-refractivity contribution in [1.29, 1.82) is 0 Å². The average Bonchev–Trinajstić information content (AvgIpc) is 3.10. The first kappa shape index (κ1) is 18.6. The second-order valence-corrected chi connectivity index (χ2v) is 6.87.